The SMILES string of the molecule is O=C1CC2(CCCOCC2)C(c2ccccc2Br)C(=O)N1. The minimum absolute atomic E-state index is 0.162. The van der Waals surface area contributed by atoms with E-state index < -0.39 is 0 Å². The van der Waals surface area contributed by atoms with Crippen LogP contribution in [0.3, 0.4) is 0 Å². The molecule has 2 saturated heterocycles. The van der Waals surface area contributed by atoms with E-state index in [4.69, 9.17) is 4.74 Å². The summed E-state index contributed by atoms with van der Waals surface area (Å²) in [5.74, 6) is -0.641. The molecule has 0 aliphatic carbocycles. The Morgan fingerprint density at radius 2 is 2.00 bits per heavy atom. The van der Waals surface area contributed by atoms with Crippen molar-refractivity contribution in [2.24, 2.45) is 5.41 Å². The topological polar surface area (TPSA) is 55.4 Å². The lowest BCUT2D eigenvalue weighted by Gasteiger charge is -2.42. The van der Waals surface area contributed by atoms with Gasteiger partial charge in [-0.3, -0.25) is 14.9 Å². The normalized spacial score (nSPS) is 30.0. The largest absolute Gasteiger partial charge is 0.381 e. The molecule has 3 rings (SSSR count). The third kappa shape index (κ3) is 2.77. The third-order valence-electron chi connectivity index (χ3n) is 4.57. The molecular formula is C16H18BrNO3. The molecule has 21 heavy (non-hydrogen) atoms. The van der Waals surface area contributed by atoms with Crippen molar-refractivity contribution in [3.05, 3.63) is 34.3 Å². The van der Waals surface area contributed by atoms with Crippen LogP contribution in [0.2, 0.25) is 0 Å². The maximum atomic E-state index is 12.5. The van der Waals surface area contributed by atoms with Crippen LogP contribution < -0.4 is 5.32 Å². The summed E-state index contributed by atoms with van der Waals surface area (Å²) in [6.07, 6.45) is 2.88. The Kier molecular flexibility index (Phi) is 4.13. The van der Waals surface area contributed by atoms with Crippen molar-refractivity contribution in [3.8, 4) is 0 Å². The van der Waals surface area contributed by atoms with Crippen molar-refractivity contribution in [3.63, 3.8) is 0 Å². The van der Waals surface area contributed by atoms with Crippen LogP contribution in [0.15, 0.2) is 28.7 Å². The third-order valence-corrected chi connectivity index (χ3v) is 5.30. The molecule has 0 bridgehead atoms. The first-order valence-corrected chi connectivity index (χ1v) is 8.08. The summed E-state index contributed by atoms with van der Waals surface area (Å²) >= 11 is 3.55. The number of carbonyl (C=O) groups excluding carboxylic acids is 2. The number of amides is 2. The number of hydrogen-bond acceptors (Lipinski definition) is 3. The standard InChI is InChI=1S/C16H18BrNO3/c17-12-5-2-1-4-11(12)14-15(20)18-13(19)10-16(14)6-3-8-21-9-7-16/h1-2,4-5,14H,3,6-10H2,(H,18,19,20). The minimum atomic E-state index is -0.320. The van der Waals surface area contributed by atoms with Crippen LogP contribution in [0.4, 0.5) is 0 Å². The van der Waals surface area contributed by atoms with Crippen molar-refractivity contribution in [1.29, 1.82) is 0 Å². The quantitative estimate of drug-likeness (QED) is 0.791. The van der Waals surface area contributed by atoms with Gasteiger partial charge in [0.1, 0.15) is 0 Å². The minimum Gasteiger partial charge on any atom is -0.381 e. The van der Waals surface area contributed by atoms with Crippen LogP contribution in [0.5, 0.6) is 0 Å². The highest BCUT2D eigenvalue weighted by Gasteiger charge is 2.49. The molecule has 2 aliphatic heterocycles. The van der Waals surface area contributed by atoms with Gasteiger partial charge in [-0.25, -0.2) is 0 Å². The monoisotopic (exact) mass is 351 g/mol. The van der Waals surface area contributed by atoms with Gasteiger partial charge in [-0.1, -0.05) is 34.1 Å². The Morgan fingerprint density at radius 1 is 1.19 bits per heavy atom. The second-order valence-electron chi connectivity index (χ2n) is 5.87. The molecule has 2 amide bonds. The van der Waals surface area contributed by atoms with Crippen LogP contribution in [-0.4, -0.2) is 25.0 Å². The molecule has 2 unspecified atom stereocenters. The second-order valence-corrected chi connectivity index (χ2v) is 6.73. The van der Waals surface area contributed by atoms with Crippen molar-refractivity contribution in [1.82, 2.24) is 5.32 Å². The van der Waals surface area contributed by atoms with Crippen LogP contribution >= 0.6 is 15.9 Å². The van der Waals surface area contributed by atoms with Crippen LogP contribution in [0, 0.1) is 5.41 Å². The summed E-state index contributed by atoms with van der Waals surface area (Å²) in [7, 11) is 0. The number of halogens is 1. The Hall–Kier alpha value is -1.20. The van der Waals surface area contributed by atoms with E-state index >= 15 is 0 Å². The van der Waals surface area contributed by atoms with Crippen molar-refractivity contribution < 1.29 is 14.3 Å². The number of piperidine rings is 1. The fourth-order valence-corrected chi connectivity index (χ4v) is 4.14. The van der Waals surface area contributed by atoms with Crippen LogP contribution in [0.25, 0.3) is 0 Å². The maximum Gasteiger partial charge on any atom is 0.234 e. The first kappa shape index (κ1) is 14.7. The summed E-state index contributed by atoms with van der Waals surface area (Å²) < 4.78 is 6.47. The zero-order valence-electron chi connectivity index (χ0n) is 11.7. The highest BCUT2D eigenvalue weighted by Crippen LogP contribution is 2.50. The van der Waals surface area contributed by atoms with E-state index in [1.165, 1.54) is 0 Å². The van der Waals surface area contributed by atoms with Gasteiger partial charge in [0.15, 0.2) is 0 Å². The van der Waals surface area contributed by atoms with Crippen molar-refractivity contribution >= 4 is 27.7 Å². The lowest BCUT2D eigenvalue weighted by Crippen LogP contribution is -2.51. The van der Waals surface area contributed by atoms with Crippen molar-refractivity contribution in [2.45, 2.75) is 31.6 Å². The van der Waals surface area contributed by atoms with Crippen LogP contribution in [-0.2, 0) is 14.3 Å². The van der Waals surface area contributed by atoms with Gasteiger partial charge in [0.2, 0.25) is 11.8 Å². The van der Waals surface area contributed by atoms with Crippen molar-refractivity contribution in [2.75, 3.05) is 13.2 Å². The number of nitrogens with one attached hydrogen (secondary N) is 1. The van der Waals surface area contributed by atoms with Gasteiger partial charge in [-0.2, -0.15) is 0 Å². The molecule has 1 aromatic rings. The highest BCUT2D eigenvalue weighted by atomic mass is 79.9. The summed E-state index contributed by atoms with van der Waals surface area (Å²) in [4.78, 5) is 24.5. The fourth-order valence-electron chi connectivity index (χ4n) is 3.63. The number of imide groups is 1. The molecule has 0 saturated carbocycles. The Balaban J connectivity index is 2.06. The van der Waals surface area contributed by atoms with Gasteiger partial charge in [0.25, 0.3) is 0 Å². The zero-order valence-corrected chi connectivity index (χ0v) is 13.3. The molecule has 5 heteroatoms. The molecule has 4 nitrogen and oxygen atoms in total. The number of carbonyl (C=O) groups is 2. The van der Waals surface area contributed by atoms with Gasteiger partial charge in [-0.05, 0) is 36.3 Å². The first-order chi connectivity index (χ1) is 10.1. The molecule has 0 aromatic heterocycles. The average Bonchev–Trinajstić information content (AvgIpc) is 2.66. The lowest BCUT2D eigenvalue weighted by molar-refractivity contribution is -0.140. The first-order valence-electron chi connectivity index (χ1n) is 7.28. The molecule has 1 N–H and O–H groups in total. The molecule has 1 aromatic carbocycles. The molecular weight excluding hydrogens is 334 g/mol. The van der Waals surface area contributed by atoms with E-state index in [9.17, 15) is 9.59 Å². The molecule has 112 valence electrons. The molecule has 0 radical (unpaired) electrons. The molecule has 2 atom stereocenters. The lowest BCUT2D eigenvalue weighted by atomic mass is 9.63. The Labute approximate surface area is 132 Å². The summed E-state index contributed by atoms with van der Waals surface area (Å²) in [5.41, 5.74) is 0.643. The van der Waals surface area contributed by atoms with E-state index in [1.54, 1.807) is 0 Å². The number of rotatable bonds is 1. The van der Waals surface area contributed by atoms with E-state index in [0.29, 0.717) is 19.6 Å². The Bertz CT molecular complexity index is 564. The van der Waals surface area contributed by atoms with Gasteiger partial charge >= 0.3 is 0 Å². The van der Waals surface area contributed by atoms with E-state index in [-0.39, 0.29) is 23.1 Å². The summed E-state index contributed by atoms with van der Waals surface area (Å²) in [6.45, 7) is 1.32. The van der Waals surface area contributed by atoms with Gasteiger partial charge in [-0.15, -0.1) is 0 Å². The molecule has 1 spiro atoms. The predicted octanol–water partition coefficient (Wildman–Crippen LogP) is 2.77. The fraction of sp³-hybridized carbons (Fsp3) is 0.500. The zero-order chi connectivity index (χ0) is 14.9. The summed E-state index contributed by atoms with van der Waals surface area (Å²) in [6, 6.07) is 7.78. The number of ether oxygens (including phenoxy) is 1. The predicted molar refractivity (Wildman–Crippen MR) is 81.8 cm³/mol. The van der Waals surface area contributed by atoms with Gasteiger partial charge in [0, 0.05) is 24.1 Å². The number of benzene rings is 1. The maximum absolute atomic E-state index is 12.5. The van der Waals surface area contributed by atoms with Crippen LogP contribution in [0.1, 0.15) is 37.2 Å². The highest BCUT2D eigenvalue weighted by molar-refractivity contribution is 9.10. The summed E-state index contributed by atoms with van der Waals surface area (Å²) in [5, 5.41) is 2.51. The Morgan fingerprint density at radius 3 is 2.81 bits per heavy atom. The average molecular weight is 352 g/mol. The van der Waals surface area contributed by atoms with Gasteiger partial charge < -0.3 is 4.74 Å². The smallest absolute Gasteiger partial charge is 0.234 e. The molecule has 2 heterocycles. The molecule has 2 fully saturated rings. The van der Waals surface area contributed by atoms with Gasteiger partial charge in [0.05, 0.1) is 5.92 Å². The molecule has 2 aliphatic rings. The second kappa shape index (κ2) is 5.89. The van der Waals surface area contributed by atoms with E-state index in [1.807, 2.05) is 24.3 Å². The number of hydrogen-bond donors (Lipinski definition) is 1. The van der Waals surface area contributed by atoms with E-state index in [2.05, 4.69) is 21.2 Å². The van der Waals surface area contributed by atoms with E-state index in [0.717, 1.165) is 29.3 Å².